The van der Waals surface area contributed by atoms with E-state index in [-0.39, 0.29) is 0 Å². The topological polar surface area (TPSA) is 0 Å². The largest absolute Gasteiger partial charge is 0.145 e. The standard InChI is InChI=1S/C22H20S/c1-16-21(17-10-4-2-5-11-17)19-14-8-9-15-20(19)22(23-16)18-12-6-3-7-13-18/h2-16,21-22H,1H3/t16-,21+,22+/m1/s1. The highest BCUT2D eigenvalue weighted by atomic mass is 32.2. The van der Waals surface area contributed by atoms with Crippen molar-refractivity contribution >= 4 is 11.8 Å². The molecule has 23 heavy (non-hydrogen) atoms. The van der Waals surface area contributed by atoms with E-state index in [1.165, 1.54) is 22.3 Å². The zero-order valence-corrected chi connectivity index (χ0v) is 14.0. The second kappa shape index (κ2) is 6.25. The van der Waals surface area contributed by atoms with E-state index in [1.807, 2.05) is 0 Å². The Kier molecular flexibility index (Phi) is 3.97. The Balaban J connectivity index is 1.84. The predicted octanol–water partition coefficient (Wildman–Crippen LogP) is 6.04. The van der Waals surface area contributed by atoms with Crippen LogP contribution in [0.1, 0.15) is 40.3 Å². The summed E-state index contributed by atoms with van der Waals surface area (Å²) in [6, 6.07) is 30.8. The second-order valence-corrected chi connectivity index (χ2v) is 7.64. The fraction of sp³-hybridized carbons (Fsp3) is 0.182. The SMILES string of the molecule is C[C@H]1S[C@@H](c2ccccc2)c2ccccc2[C@@H]1c1ccccc1. The summed E-state index contributed by atoms with van der Waals surface area (Å²) in [5.41, 5.74) is 5.78. The van der Waals surface area contributed by atoms with Crippen molar-refractivity contribution in [1.82, 2.24) is 0 Å². The number of thioether (sulfide) groups is 1. The van der Waals surface area contributed by atoms with Crippen molar-refractivity contribution in [2.75, 3.05) is 0 Å². The predicted molar refractivity (Wildman–Crippen MR) is 100 cm³/mol. The molecule has 1 aliphatic rings. The average Bonchev–Trinajstić information content (AvgIpc) is 2.62. The molecule has 4 rings (SSSR count). The maximum Gasteiger partial charge on any atom is 0.0552 e. The van der Waals surface area contributed by atoms with Gasteiger partial charge in [0.25, 0.3) is 0 Å². The Morgan fingerprint density at radius 1 is 0.609 bits per heavy atom. The van der Waals surface area contributed by atoms with Crippen LogP contribution in [-0.2, 0) is 0 Å². The van der Waals surface area contributed by atoms with Gasteiger partial charge in [-0.05, 0) is 22.3 Å². The van der Waals surface area contributed by atoms with E-state index < -0.39 is 0 Å². The van der Waals surface area contributed by atoms with Crippen LogP contribution in [0.2, 0.25) is 0 Å². The molecule has 3 atom stereocenters. The Morgan fingerprint density at radius 3 is 1.78 bits per heavy atom. The summed E-state index contributed by atoms with van der Waals surface area (Å²) >= 11 is 2.09. The zero-order valence-electron chi connectivity index (χ0n) is 13.2. The van der Waals surface area contributed by atoms with E-state index in [4.69, 9.17) is 0 Å². The van der Waals surface area contributed by atoms with E-state index in [9.17, 15) is 0 Å². The molecule has 0 bridgehead atoms. The van der Waals surface area contributed by atoms with Gasteiger partial charge in [-0.25, -0.2) is 0 Å². The molecule has 0 fully saturated rings. The van der Waals surface area contributed by atoms with Crippen LogP contribution in [-0.4, -0.2) is 5.25 Å². The number of benzene rings is 3. The van der Waals surface area contributed by atoms with Crippen molar-refractivity contribution in [3.05, 3.63) is 107 Å². The van der Waals surface area contributed by atoms with Gasteiger partial charge in [0.05, 0.1) is 5.25 Å². The van der Waals surface area contributed by atoms with E-state index in [1.54, 1.807) is 0 Å². The minimum atomic E-state index is 0.433. The van der Waals surface area contributed by atoms with Crippen molar-refractivity contribution in [1.29, 1.82) is 0 Å². The van der Waals surface area contributed by atoms with Gasteiger partial charge in [0, 0.05) is 11.2 Å². The highest BCUT2D eigenvalue weighted by Gasteiger charge is 2.34. The molecule has 114 valence electrons. The van der Waals surface area contributed by atoms with Gasteiger partial charge in [-0.1, -0.05) is 91.9 Å². The molecular weight excluding hydrogens is 296 g/mol. The number of fused-ring (bicyclic) bond motifs is 1. The smallest absolute Gasteiger partial charge is 0.0552 e. The Hall–Kier alpha value is -1.99. The summed E-state index contributed by atoms with van der Waals surface area (Å²) in [6.07, 6.45) is 0. The first-order valence-electron chi connectivity index (χ1n) is 8.19. The molecule has 0 amide bonds. The van der Waals surface area contributed by atoms with Gasteiger partial charge >= 0.3 is 0 Å². The molecule has 1 heterocycles. The first kappa shape index (κ1) is 14.6. The molecule has 0 unspecified atom stereocenters. The lowest BCUT2D eigenvalue weighted by Gasteiger charge is -2.36. The summed E-state index contributed by atoms with van der Waals surface area (Å²) in [5, 5.41) is 0.986. The summed E-state index contributed by atoms with van der Waals surface area (Å²) in [7, 11) is 0. The van der Waals surface area contributed by atoms with Gasteiger partial charge in [0.15, 0.2) is 0 Å². The van der Waals surface area contributed by atoms with Gasteiger partial charge in [-0.15, -0.1) is 11.8 Å². The number of rotatable bonds is 2. The summed E-state index contributed by atoms with van der Waals surface area (Å²) in [4.78, 5) is 0. The highest BCUT2D eigenvalue weighted by Crippen LogP contribution is 2.51. The Morgan fingerprint density at radius 2 is 1.13 bits per heavy atom. The van der Waals surface area contributed by atoms with Gasteiger partial charge in [-0.2, -0.15) is 0 Å². The van der Waals surface area contributed by atoms with Crippen LogP contribution in [0.15, 0.2) is 84.9 Å². The lowest BCUT2D eigenvalue weighted by molar-refractivity contribution is 0.762. The maximum absolute atomic E-state index is 2.37. The molecule has 1 heteroatoms. The molecule has 0 nitrogen and oxygen atoms in total. The lowest BCUT2D eigenvalue weighted by atomic mass is 9.83. The first-order valence-corrected chi connectivity index (χ1v) is 9.13. The van der Waals surface area contributed by atoms with Crippen molar-refractivity contribution in [3.63, 3.8) is 0 Å². The van der Waals surface area contributed by atoms with Crippen molar-refractivity contribution in [2.45, 2.75) is 23.3 Å². The van der Waals surface area contributed by atoms with Crippen LogP contribution >= 0.6 is 11.8 Å². The molecule has 0 radical (unpaired) electrons. The lowest BCUT2D eigenvalue weighted by Crippen LogP contribution is -2.23. The molecule has 0 aromatic heterocycles. The average molecular weight is 316 g/mol. The quantitative estimate of drug-likeness (QED) is 0.555. The van der Waals surface area contributed by atoms with Gasteiger partial charge in [0.2, 0.25) is 0 Å². The van der Waals surface area contributed by atoms with E-state index >= 15 is 0 Å². The first-order chi connectivity index (χ1) is 11.3. The fourth-order valence-electron chi connectivity index (χ4n) is 3.65. The number of hydrogen-bond donors (Lipinski definition) is 0. The normalized spacial score (nSPS) is 23.3. The molecule has 1 aliphatic heterocycles. The minimum absolute atomic E-state index is 0.433. The van der Waals surface area contributed by atoms with Gasteiger partial charge in [-0.3, -0.25) is 0 Å². The number of hydrogen-bond acceptors (Lipinski definition) is 1. The van der Waals surface area contributed by atoms with Crippen molar-refractivity contribution in [2.24, 2.45) is 0 Å². The van der Waals surface area contributed by atoms with Crippen LogP contribution < -0.4 is 0 Å². The minimum Gasteiger partial charge on any atom is -0.145 e. The van der Waals surface area contributed by atoms with E-state index in [2.05, 4.69) is 104 Å². The monoisotopic (exact) mass is 316 g/mol. The van der Waals surface area contributed by atoms with Gasteiger partial charge < -0.3 is 0 Å². The summed E-state index contributed by atoms with van der Waals surface area (Å²) in [5.74, 6) is 0.470. The third-order valence-electron chi connectivity index (χ3n) is 4.69. The van der Waals surface area contributed by atoms with Crippen LogP contribution in [0.3, 0.4) is 0 Å². The molecule has 0 saturated carbocycles. The molecule has 0 saturated heterocycles. The third kappa shape index (κ3) is 2.70. The summed E-state index contributed by atoms with van der Waals surface area (Å²) in [6.45, 7) is 2.37. The van der Waals surface area contributed by atoms with Crippen molar-refractivity contribution < 1.29 is 0 Å². The van der Waals surface area contributed by atoms with E-state index in [0.717, 1.165) is 0 Å². The zero-order chi connectivity index (χ0) is 15.6. The van der Waals surface area contributed by atoms with E-state index in [0.29, 0.717) is 16.4 Å². The third-order valence-corrected chi connectivity index (χ3v) is 6.19. The maximum atomic E-state index is 2.37. The van der Waals surface area contributed by atoms with Crippen LogP contribution in [0.25, 0.3) is 0 Å². The molecule has 3 aromatic rings. The fourth-order valence-corrected chi connectivity index (χ4v) is 5.21. The molecule has 0 N–H and O–H groups in total. The molecular formula is C22H20S. The molecule has 3 aromatic carbocycles. The Labute approximate surface area is 142 Å². The van der Waals surface area contributed by atoms with Crippen molar-refractivity contribution in [3.8, 4) is 0 Å². The van der Waals surface area contributed by atoms with Crippen LogP contribution in [0.5, 0.6) is 0 Å². The Bertz CT molecular complexity index is 779. The molecule has 0 aliphatic carbocycles. The highest BCUT2D eigenvalue weighted by molar-refractivity contribution is 8.00. The second-order valence-electron chi connectivity index (χ2n) is 6.15. The van der Waals surface area contributed by atoms with Crippen LogP contribution in [0.4, 0.5) is 0 Å². The van der Waals surface area contributed by atoms with Gasteiger partial charge in [0.1, 0.15) is 0 Å². The summed E-state index contributed by atoms with van der Waals surface area (Å²) < 4.78 is 0. The molecule has 0 spiro atoms. The van der Waals surface area contributed by atoms with Crippen LogP contribution in [0, 0.1) is 0 Å².